The summed E-state index contributed by atoms with van der Waals surface area (Å²) in [6, 6.07) is 9.33. The zero-order valence-corrected chi connectivity index (χ0v) is 11.8. The number of benzene rings is 1. The summed E-state index contributed by atoms with van der Waals surface area (Å²) in [4.78, 5) is 0. The van der Waals surface area contributed by atoms with Crippen molar-refractivity contribution < 1.29 is 13.5 Å². The van der Waals surface area contributed by atoms with Crippen LogP contribution in [0, 0.1) is 0 Å². The molecule has 0 atom stereocenters. The summed E-state index contributed by atoms with van der Waals surface area (Å²) < 4.78 is 25.7. The van der Waals surface area contributed by atoms with Crippen LogP contribution in [0.3, 0.4) is 0 Å². The van der Waals surface area contributed by atoms with E-state index in [2.05, 4.69) is 0 Å². The van der Waals surface area contributed by atoms with Gasteiger partial charge in [-0.05, 0) is 31.4 Å². The smallest absolute Gasteiger partial charge is 0.236 e. The normalized spacial score (nSPS) is 20.7. The second-order valence-corrected chi connectivity index (χ2v) is 6.97. The molecule has 0 aliphatic carbocycles. The minimum atomic E-state index is -3.39. The first kappa shape index (κ1) is 14.2. The topological polar surface area (TPSA) is 57.6 Å². The van der Waals surface area contributed by atoms with Crippen LogP contribution in [-0.4, -0.2) is 36.5 Å². The van der Waals surface area contributed by atoms with Gasteiger partial charge in [0.25, 0.3) is 0 Å². The Labute approximate surface area is 114 Å². The number of aliphatic hydroxyl groups is 1. The van der Waals surface area contributed by atoms with Crippen molar-refractivity contribution in [2.75, 3.05) is 13.1 Å². The van der Waals surface area contributed by atoms with E-state index < -0.39 is 15.6 Å². The molecule has 104 valence electrons. The molecule has 1 aromatic carbocycles. The summed E-state index contributed by atoms with van der Waals surface area (Å²) >= 11 is 0. The van der Waals surface area contributed by atoms with Crippen molar-refractivity contribution in [2.24, 2.45) is 0 Å². The molecule has 0 aromatic heterocycles. The highest BCUT2D eigenvalue weighted by Crippen LogP contribution is 2.23. The summed E-state index contributed by atoms with van der Waals surface area (Å²) in [5, 5.41) is 11.1. The second kappa shape index (κ2) is 5.45. The molecule has 0 spiro atoms. The zero-order valence-electron chi connectivity index (χ0n) is 11.0. The summed E-state index contributed by atoms with van der Waals surface area (Å²) in [7, 11) is -3.39. The molecule has 0 unspecified atom stereocenters. The molecule has 1 saturated heterocycles. The van der Waals surface area contributed by atoms with Gasteiger partial charge in [-0.2, -0.15) is 4.31 Å². The third-order valence-corrected chi connectivity index (χ3v) is 4.96. The van der Waals surface area contributed by atoms with E-state index in [0.717, 1.165) is 5.56 Å². The lowest BCUT2D eigenvalue weighted by atomic mass is 9.95. The van der Waals surface area contributed by atoms with E-state index in [9.17, 15) is 13.5 Å². The highest BCUT2D eigenvalue weighted by atomic mass is 32.2. The lowest BCUT2D eigenvalue weighted by Crippen LogP contribution is -2.44. The number of sulfonamides is 1. The first-order valence-electron chi connectivity index (χ1n) is 6.35. The van der Waals surface area contributed by atoms with Gasteiger partial charge < -0.3 is 5.11 Å². The lowest BCUT2D eigenvalue weighted by Gasteiger charge is -2.34. The molecular weight excluding hydrogens is 262 g/mol. The summed E-state index contributed by atoms with van der Waals surface area (Å²) in [5.74, 6) is 0. The fourth-order valence-electron chi connectivity index (χ4n) is 2.04. The van der Waals surface area contributed by atoms with E-state index >= 15 is 0 Å². The molecule has 1 aliphatic rings. The van der Waals surface area contributed by atoms with Gasteiger partial charge in [0, 0.05) is 18.5 Å². The fourth-order valence-corrected chi connectivity index (χ4v) is 3.23. The van der Waals surface area contributed by atoms with Crippen molar-refractivity contribution in [2.45, 2.75) is 25.4 Å². The second-order valence-electron chi connectivity index (χ2n) is 5.15. The molecule has 1 heterocycles. The first-order chi connectivity index (χ1) is 8.89. The SMILES string of the molecule is CC1(O)CCN(S(=O)(=O)/C=C/c2ccccc2)CC1. The van der Waals surface area contributed by atoms with Crippen LogP contribution in [0.4, 0.5) is 0 Å². The molecule has 0 saturated carbocycles. The molecule has 1 aliphatic heterocycles. The molecule has 2 rings (SSSR count). The predicted octanol–water partition coefficient (Wildman–Crippen LogP) is 1.83. The number of nitrogens with zero attached hydrogens (tertiary/aromatic N) is 1. The van der Waals surface area contributed by atoms with Gasteiger partial charge in [0.15, 0.2) is 0 Å². The van der Waals surface area contributed by atoms with Gasteiger partial charge in [-0.15, -0.1) is 0 Å². The molecular formula is C14H19NO3S. The number of rotatable bonds is 3. The molecule has 19 heavy (non-hydrogen) atoms. The van der Waals surface area contributed by atoms with Crippen molar-refractivity contribution in [3.63, 3.8) is 0 Å². The maximum absolute atomic E-state index is 12.1. The molecule has 0 bridgehead atoms. The van der Waals surface area contributed by atoms with Crippen LogP contribution in [0.25, 0.3) is 6.08 Å². The Morgan fingerprint density at radius 3 is 2.37 bits per heavy atom. The standard InChI is InChI=1S/C14H19NO3S/c1-14(16)8-10-15(11-9-14)19(17,18)12-7-13-5-3-2-4-6-13/h2-7,12,16H,8-11H2,1H3/b12-7+. The Balaban J connectivity index is 2.06. The third-order valence-electron chi connectivity index (χ3n) is 3.39. The highest BCUT2D eigenvalue weighted by molar-refractivity contribution is 7.92. The minimum Gasteiger partial charge on any atom is -0.390 e. The van der Waals surface area contributed by atoms with Gasteiger partial charge in [-0.1, -0.05) is 30.3 Å². The van der Waals surface area contributed by atoms with Gasteiger partial charge in [0.1, 0.15) is 0 Å². The van der Waals surface area contributed by atoms with E-state index in [1.54, 1.807) is 13.0 Å². The van der Waals surface area contributed by atoms with Crippen molar-refractivity contribution in [1.82, 2.24) is 4.31 Å². The van der Waals surface area contributed by atoms with Crippen molar-refractivity contribution in [1.29, 1.82) is 0 Å². The maximum atomic E-state index is 12.1. The van der Waals surface area contributed by atoms with E-state index in [-0.39, 0.29) is 0 Å². The Hall–Kier alpha value is -1.17. The van der Waals surface area contributed by atoms with Gasteiger partial charge in [0.2, 0.25) is 10.0 Å². The lowest BCUT2D eigenvalue weighted by molar-refractivity contribution is 0.0128. The quantitative estimate of drug-likeness (QED) is 0.919. The van der Waals surface area contributed by atoms with Crippen LogP contribution >= 0.6 is 0 Å². The monoisotopic (exact) mass is 281 g/mol. The highest BCUT2D eigenvalue weighted by Gasteiger charge is 2.31. The fraction of sp³-hybridized carbons (Fsp3) is 0.429. The summed E-state index contributed by atoms with van der Waals surface area (Å²) in [5.41, 5.74) is 0.116. The Bertz CT molecular complexity index is 539. The largest absolute Gasteiger partial charge is 0.390 e. The molecule has 1 N–H and O–H groups in total. The van der Waals surface area contributed by atoms with Gasteiger partial charge in [-0.25, -0.2) is 8.42 Å². The molecule has 5 heteroatoms. The predicted molar refractivity (Wildman–Crippen MR) is 75.8 cm³/mol. The summed E-state index contributed by atoms with van der Waals surface area (Å²) in [6.07, 6.45) is 2.55. The average Bonchev–Trinajstić information content (AvgIpc) is 2.37. The Morgan fingerprint density at radius 1 is 1.21 bits per heavy atom. The Morgan fingerprint density at radius 2 is 1.79 bits per heavy atom. The van der Waals surface area contributed by atoms with Gasteiger partial charge in [-0.3, -0.25) is 0 Å². The van der Waals surface area contributed by atoms with E-state index in [0.29, 0.717) is 25.9 Å². The minimum absolute atomic E-state index is 0.370. The van der Waals surface area contributed by atoms with Crippen LogP contribution in [-0.2, 0) is 10.0 Å². The third kappa shape index (κ3) is 3.89. The number of hydrogen-bond acceptors (Lipinski definition) is 3. The molecule has 1 fully saturated rings. The molecule has 0 radical (unpaired) electrons. The maximum Gasteiger partial charge on any atom is 0.236 e. The van der Waals surface area contributed by atoms with Crippen LogP contribution in [0.2, 0.25) is 0 Å². The number of piperidine rings is 1. The van der Waals surface area contributed by atoms with E-state index in [1.165, 1.54) is 9.71 Å². The molecule has 0 amide bonds. The van der Waals surface area contributed by atoms with Crippen LogP contribution < -0.4 is 0 Å². The average molecular weight is 281 g/mol. The zero-order chi connectivity index (χ0) is 13.9. The van der Waals surface area contributed by atoms with Crippen molar-refractivity contribution >= 4 is 16.1 Å². The van der Waals surface area contributed by atoms with Crippen LogP contribution in [0.1, 0.15) is 25.3 Å². The van der Waals surface area contributed by atoms with Gasteiger partial charge in [0.05, 0.1) is 5.60 Å². The van der Waals surface area contributed by atoms with E-state index in [1.807, 2.05) is 30.3 Å². The van der Waals surface area contributed by atoms with Crippen LogP contribution in [0.5, 0.6) is 0 Å². The molecule has 4 nitrogen and oxygen atoms in total. The molecule has 1 aromatic rings. The Kier molecular flexibility index (Phi) is 4.08. The number of hydrogen-bond donors (Lipinski definition) is 1. The first-order valence-corrected chi connectivity index (χ1v) is 7.85. The van der Waals surface area contributed by atoms with Crippen molar-refractivity contribution in [3.8, 4) is 0 Å². The van der Waals surface area contributed by atoms with Crippen molar-refractivity contribution in [3.05, 3.63) is 41.3 Å². The van der Waals surface area contributed by atoms with E-state index in [4.69, 9.17) is 0 Å². The van der Waals surface area contributed by atoms with Gasteiger partial charge >= 0.3 is 0 Å². The summed E-state index contributed by atoms with van der Waals surface area (Å²) in [6.45, 7) is 2.49. The van der Waals surface area contributed by atoms with Crippen LogP contribution in [0.15, 0.2) is 35.7 Å².